The van der Waals surface area contributed by atoms with Gasteiger partial charge in [0.25, 0.3) is 0 Å². The van der Waals surface area contributed by atoms with E-state index in [1.54, 1.807) is 0 Å². The number of aromatic amines is 1. The molecule has 1 aromatic rings. The summed E-state index contributed by atoms with van der Waals surface area (Å²) >= 11 is 4.81. The number of hydrogen-bond donors (Lipinski definition) is 3. The van der Waals surface area contributed by atoms with Crippen LogP contribution in [0.5, 0.6) is 0 Å². The van der Waals surface area contributed by atoms with Gasteiger partial charge in [0.2, 0.25) is 5.91 Å². The number of nitrogens with two attached hydrogens (primary N) is 1. The second kappa shape index (κ2) is 6.16. The molecule has 0 saturated carbocycles. The first kappa shape index (κ1) is 12.6. The molecule has 0 aliphatic carbocycles. The summed E-state index contributed by atoms with van der Waals surface area (Å²) in [5, 5.41) is 9.18. The van der Waals surface area contributed by atoms with E-state index < -0.39 is 0 Å². The Morgan fingerprint density at radius 3 is 3.00 bits per heavy atom. The molecule has 0 aliphatic heterocycles. The average Bonchev–Trinajstić information content (AvgIpc) is 2.71. The smallest absolute Gasteiger partial charge is 0.229 e. The van der Waals surface area contributed by atoms with E-state index in [9.17, 15) is 4.79 Å². The summed E-state index contributed by atoms with van der Waals surface area (Å²) in [6, 6.07) is 0. The SMILES string of the molecule is CCC(C(=O)NCCc1ncn[nH]1)C(N)=S. The van der Waals surface area contributed by atoms with Crippen molar-refractivity contribution in [1.29, 1.82) is 0 Å². The van der Waals surface area contributed by atoms with Crippen molar-refractivity contribution in [2.75, 3.05) is 6.54 Å². The molecule has 0 bridgehead atoms. The third-order valence-corrected chi connectivity index (χ3v) is 2.48. The third-order valence-electron chi connectivity index (χ3n) is 2.19. The number of carbonyl (C=O) groups excluding carboxylic acids is 1. The highest BCUT2D eigenvalue weighted by Crippen LogP contribution is 2.02. The monoisotopic (exact) mass is 241 g/mol. The van der Waals surface area contributed by atoms with E-state index in [4.69, 9.17) is 18.0 Å². The van der Waals surface area contributed by atoms with Crippen LogP contribution < -0.4 is 11.1 Å². The van der Waals surface area contributed by atoms with Gasteiger partial charge in [0.1, 0.15) is 12.2 Å². The maximum absolute atomic E-state index is 11.6. The van der Waals surface area contributed by atoms with Crippen LogP contribution >= 0.6 is 12.2 Å². The zero-order valence-electron chi connectivity index (χ0n) is 9.06. The quantitative estimate of drug-likeness (QED) is 0.598. The highest BCUT2D eigenvalue weighted by molar-refractivity contribution is 7.80. The van der Waals surface area contributed by atoms with E-state index in [1.165, 1.54) is 6.33 Å². The molecule has 1 heterocycles. The van der Waals surface area contributed by atoms with Gasteiger partial charge in [0.15, 0.2) is 0 Å². The normalized spacial score (nSPS) is 12.1. The van der Waals surface area contributed by atoms with E-state index in [2.05, 4.69) is 20.5 Å². The number of H-pyrrole nitrogens is 1. The van der Waals surface area contributed by atoms with Crippen molar-refractivity contribution >= 4 is 23.1 Å². The lowest BCUT2D eigenvalue weighted by Crippen LogP contribution is -2.38. The summed E-state index contributed by atoms with van der Waals surface area (Å²) in [5.74, 6) is 0.225. The van der Waals surface area contributed by atoms with Crippen LogP contribution in [0.25, 0.3) is 0 Å². The minimum Gasteiger partial charge on any atom is -0.393 e. The fourth-order valence-electron chi connectivity index (χ4n) is 1.29. The van der Waals surface area contributed by atoms with Gasteiger partial charge in [-0.3, -0.25) is 9.89 Å². The average molecular weight is 241 g/mol. The fourth-order valence-corrected chi connectivity index (χ4v) is 1.57. The van der Waals surface area contributed by atoms with E-state index in [0.29, 0.717) is 19.4 Å². The Morgan fingerprint density at radius 2 is 2.50 bits per heavy atom. The van der Waals surface area contributed by atoms with Gasteiger partial charge in [-0.25, -0.2) is 4.98 Å². The van der Waals surface area contributed by atoms with Crippen LogP contribution in [0.2, 0.25) is 0 Å². The molecule has 88 valence electrons. The van der Waals surface area contributed by atoms with Gasteiger partial charge >= 0.3 is 0 Å². The molecule has 0 radical (unpaired) electrons. The molecule has 0 fully saturated rings. The van der Waals surface area contributed by atoms with Crippen LogP contribution in [0.15, 0.2) is 6.33 Å². The van der Waals surface area contributed by atoms with Crippen molar-refractivity contribution in [2.24, 2.45) is 11.7 Å². The van der Waals surface area contributed by atoms with Gasteiger partial charge in [-0.15, -0.1) is 0 Å². The summed E-state index contributed by atoms with van der Waals surface area (Å²) in [5.41, 5.74) is 5.46. The predicted molar refractivity (Wildman–Crippen MR) is 63.7 cm³/mol. The van der Waals surface area contributed by atoms with Crippen molar-refractivity contribution in [3.63, 3.8) is 0 Å². The molecule has 4 N–H and O–H groups in total. The number of nitrogens with one attached hydrogen (secondary N) is 2. The summed E-state index contributed by atoms with van der Waals surface area (Å²) in [7, 11) is 0. The summed E-state index contributed by atoms with van der Waals surface area (Å²) in [4.78, 5) is 15.8. The number of rotatable bonds is 6. The lowest BCUT2D eigenvalue weighted by molar-refractivity contribution is -0.123. The van der Waals surface area contributed by atoms with Gasteiger partial charge in [0.05, 0.1) is 10.9 Å². The molecule has 0 aromatic carbocycles. The maximum atomic E-state index is 11.6. The van der Waals surface area contributed by atoms with Gasteiger partial charge in [-0.05, 0) is 6.42 Å². The zero-order chi connectivity index (χ0) is 12.0. The Kier molecular flexibility index (Phi) is 4.84. The van der Waals surface area contributed by atoms with Crippen molar-refractivity contribution in [3.05, 3.63) is 12.2 Å². The van der Waals surface area contributed by atoms with E-state index in [0.717, 1.165) is 5.82 Å². The van der Waals surface area contributed by atoms with Crippen molar-refractivity contribution in [3.8, 4) is 0 Å². The fraction of sp³-hybridized carbons (Fsp3) is 0.556. The van der Waals surface area contributed by atoms with E-state index in [-0.39, 0.29) is 16.8 Å². The first-order valence-electron chi connectivity index (χ1n) is 5.06. The molecule has 1 aromatic heterocycles. The molecular weight excluding hydrogens is 226 g/mol. The predicted octanol–water partition coefficient (Wildman–Crippen LogP) is -0.224. The topological polar surface area (TPSA) is 96.7 Å². The van der Waals surface area contributed by atoms with Crippen LogP contribution in [-0.2, 0) is 11.2 Å². The molecule has 16 heavy (non-hydrogen) atoms. The van der Waals surface area contributed by atoms with Crippen LogP contribution in [0.1, 0.15) is 19.2 Å². The van der Waals surface area contributed by atoms with Crippen molar-refractivity contribution < 1.29 is 4.79 Å². The van der Waals surface area contributed by atoms with Crippen molar-refractivity contribution in [1.82, 2.24) is 20.5 Å². The molecule has 7 heteroatoms. The number of nitrogens with zero attached hydrogens (tertiary/aromatic N) is 2. The Bertz CT molecular complexity index is 351. The van der Waals surface area contributed by atoms with Crippen molar-refractivity contribution in [2.45, 2.75) is 19.8 Å². The van der Waals surface area contributed by atoms with Gasteiger partial charge < -0.3 is 11.1 Å². The van der Waals surface area contributed by atoms with Crippen LogP contribution in [0.3, 0.4) is 0 Å². The largest absolute Gasteiger partial charge is 0.393 e. The molecule has 0 saturated heterocycles. The molecule has 0 aliphatic rings. The van der Waals surface area contributed by atoms with Gasteiger partial charge in [-0.2, -0.15) is 5.10 Å². The Hall–Kier alpha value is -1.50. The number of thiocarbonyl (C=S) groups is 1. The highest BCUT2D eigenvalue weighted by Gasteiger charge is 2.18. The number of amides is 1. The van der Waals surface area contributed by atoms with E-state index >= 15 is 0 Å². The molecular formula is C9H15N5OS. The maximum Gasteiger partial charge on any atom is 0.229 e. The summed E-state index contributed by atoms with van der Waals surface area (Å²) in [6.45, 7) is 2.37. The second-order valence-corrected chi connectivity index (χ2v) is 3.81. The number of hydrogen-bond acceptors (Lipinski definition) is 4. The lowest BCUT2D eigenvalue weighted by atomic mass is 10.1. The van der Waals surface area contributed by atoms with Gasteiger partial charge in [-0.1, -0.05) is 19.1 Å². The second-order valence-electron chi connectivity index (χ2n) is 3.34. The minimum absolute atomic E-state index is 0.130. The lowest BCUT2D eigenvalue weighted by Gasteiger charge is -2.12. The highest BCUT2D eigenvalue weighted by atomic mass is 32.1. The molecule has 1 amide bonds. The Labute approximate surface area is 99.0 Å². The standard InChI is InChI=1S/C9H15N5OS/c1-2-6(8(10)16)9(15)11-4-3-7-12-5-13-14-7/h5-6H,2-4H2,1H3,(H2,10,16)(H,11,15)(H,12,13,14). The Balaban J connectivity index is 2.32. The Morgan fingerprint density at radius 1 is 1.75 bits per heavy atom. The molecule has 0 spiro atoms. The first-order chi connectivity index (χ1) is 7.65. The molecule has 1 rings (SSSR count). The van der Waals surface area contributed by atoms with Crippen LogP contribution in [-0.4, -0.2) is 32.6 Å². The molecule has 6 nitrogen and oxygen atoms in total. The third kappa shape index (κ3) is 3.58. The van der Waals surface area contributed by atoms with E-state index in [1.807, 2.05) is 6.92 Å². The number of aromatic nitrogens is 3. The first-order valence-corrected chi connectivity index (χ1v) is 5.47. The number of carbonyl (C=O) groups is 1. The van der Waals surface area contributed by atoms with Crippen LogP contribution in [0.4, 0.5) is 0 Å². The van der Waals surface area contributed by atoms with Crippen LogP contribution in [0, 0.1) is 5.92 Å². The zero-order valence-corrected chi connectivity index (χ0v) is 9.88. The van der Waals surface area contributed by atoms with Gasteiger partial charge in [0, 0.05) is 13.0 Å². The molecule has 1 unspecified atom stereocenters. The summed E-state index contributed by atoms with van der Waals surface area (Å²) in [6.07, 6.45) is 2.66. The molecule has 1 atom stereocenters. The minimum atomic E-state index is -0.385. The summed E-state index contributed by atoms with van der Waals surface area (Å²) < 4.78 is 0.